The van der Waals surface area contributed by atoms with Crippen LogP contribution in [0.3, 0.4) is 0 Å². The van der Waals surface area contributed by atoms with Gasteiger partial charge in [0.05, 0.1) is 29.0 Å². The Balaban J connectivity index is 2.02. The second-order valence-electron chi connectivity index (χ2n) is 5.68. The monoisotopic (exact) mass is 479 g/mol. The van der Waals surface area contributed by atoms with Crippen molar-refractivity contribution < 1.29 is 19.6 Å². The number of phenols is 1. The molecule has 2 aromatic carbocycles. The summed E-state index contributed by atoms with van der Waals surface area (Å²) < 4.78 is 6.02. The molecular weight excluding hydrogens is 465 g/mol. The first-order valence-electron chi connectivity index (χ1n) is 7.74. The number of nitrogens with zero attached hydrogens (tertiary/aromatic N) is 3. The van der Waals surface area contributed by atoms with Crippen LogP contribution in [0.15, 0.2) is 47.1 Å². The third kappa shape index (κ3) is 3.63. The Bertz CT molecular complexity index is 999. The Hall–Kier alpha value is -2.95. The number of nitro groups is 1. The number of nitro benzene ring substituents is 1. The second-order valence-corrected chi connectivity index (χ2v) is 6.93. The molecule has 1 aliphatic rings. The van der Waals surface area contributed by atoms with E-state index in [1.165, 1.54) is 30.3 Å². The number of hydrogen-bond donors (Lipinski definition) is 1. The molecule has 0 radical (unpaired) electrons. The molecule has 0 atom stereocenters. The standard InChI is InChI=1S/C18H14IN3O5/c1-10-14(18(24)21(20-10)13-5-3-12(19)4-6-13)7-11-8-15(22(25)26)17(23)16(9-11)27-2/h3-9,23H,1-2H3/b14-7+. The van der Waals surface area contributed by atoms with E-state index in [9.17, 15) is 20.0 Å². The Morgan fingerprint density at radius 1 is 1.30 bits per heavy atom. The highest BCUT2D eigenvalue weighted by atomic mass is 127. The fourth-order valence-corrected chi connectivity index (χ4v) is 2.96. The zero-order valence-corrected chi connectivity index (χ0v) is 16.5. The molecule has 138 valence electrons. The lowest BCUT2D eigenvalue weighted by molar-refractivity contribution is -0.386. The van der Waals surface area contributed by atoms with Crippen molar-refractivity contribution in [2.75, 3.05) is 12.1 Å². The summed E-state index contributed by atoms with van der Waals surface area (Å²) in [5.74, 6) is -0.956. The van der Waals surface area contributed by atoms with Gasteiger partial charge in [0.2, 0.25) is 5.75 Å². The molecule has 1 aliphatic heterocycles. The van der Waals surface area contributed by atoms with Crippen LogP contribution in [0.4, 0.5) is 11.4 Å². The summed E-state index contributed by atoms with van der Waals surface area (Å²) in [6, 6.07) is 9.90. The van der Waals surface area contributed by atoms with Crippen molar-refractivity contribution in [3.63, 3.8) is 0 Å². The lowest BCUT2D eigenvalue weighted by atomic mass is 10.1. The molecule has 1 amide bonds. The van der Waals surface area contributed by atoms with Gasteiger partial charge in [0.1, 0.15) is 0 Å². The van der Waals surface area contributed by atoms with Crippen molar-refractivity contribution in [1.82, 2.24) is 0 Å². The van der Waals surface area contributed by atoms with Gasteiger partial charge < -0.3 is 9.84 Å². The molecular formula is C18H14IN3O5. The number of hydrazone groups is 1. The highest BCUT2D eigenvalue weighted by molar-refractivity contribution is 14.1. The molecule has 8 nitrogen and oxygen atoms in total. The number of phenolic OH excluding ortho intramolecular Hbond substituents is 1. The molecule has 0 unspecified atom stereocenters. The summed E-state index contributed by atoms with van der Waals surface area (Å²) in [4.78, 5) is 23.2. The third-order valence-electron chi connectivity index (χ3n) is 3.94. The Labute approximate surface area is 168 Å². The van der Waals surface area contributed by atoms with Crippen molar-refractivity contribution >= 4 is 51.7 Å². The number of carbonyl (C=O) groups excluding carboxylic acids is 1. The zero-order valence-electron chi connectivity index (χ0n) is 14.3. The summed E-state index contributed by atoms with van der Waals surface area (Å²) in [5, 5.41) is 26.6. The van der Waals surface area contributed by atoms with Crippen LogP contribution in [0.5, 0.6) is 11.5 Å². The molecule has 2 aromatic rings. The first-order valence-corrected chi connectivity index (χ1v) is 8.82. The largest absolute Gasteiger partial charge is 0.500 e. The van der Waals surface area contributed by atoms with Gasteiger partial charge in [0, 0.05) is 9.64 Å². The number of hydrogen-bond acceptors (Lipinski definition) is 6. The van der Waals surface area contributed by atoms with E-state index in [4.69, 9.17) is 4.74 Å². The molecule has 1 N–H and O–H groups in total. The van der Waals surface area contributed by atoms with Gasteiger partial charge in [-0.15, -0.1) is 0 Å². The molecule has 0 fully saturated rings. The van der Waals surface area contributed by atoms with Crippen LogP contribution in [0, 0.1) is 13.7 Å². The van der Waals surface area contributed by atoms with Crippen LogP contribution < -0.4 is 9.75 Å². The lowest BCUT2D eigenvalue weighted by Crippen LogP contribution is -2.21. The topological polar surface area (TPSA) is 105 Å². The van der Waals surface area contributed by atoms with Gasteiger partial charge in [-0.2, -0.15) is 10.1 Å². The molecule has 27 heavy (non-hydrogen) atoms. The summed E-state index contributed by atoms with van der Waals surface area (Å²) in [6.07, 6.45) is 1.49. The van der Waals surface area contributed by atoms with Gasteiger partial charge in [0.25, 0.3) is 5.91 Å². The minimum atomic E-state index is -0.713. The van der Waals surface area contributed by atoms with E-state index in [-0.39, 0.29) is 11.7 Å². The molecule has 9 heteroatoms. The summed E-state index contributed by atoms with van der Waals surface area (Å²) >= 11 is 2.17. The van der Waals surface area contributed by atoms with Crippen LogP contribution in [0.1, 0.15) is 12.5 Å². The Morgan fingerprint density at radius 3 is 2.56 bits per heavy atom. The number of carbonyl (C=O) groups is 1. The van der Waals surface area contributed by atoms with Crippen LogP contribution in [0.25, 0.3) is 6.08 Å². The van der Waals surface area contributed by atoms with Crippen molar-refractivity contribution in [2.24, 2.45) is 5.10 Å². The maximum atomic E-state index is 12.8. The van der Waals surface area contributed by atoms with Crippen LogP contribution in [-0.2, 0) is 4.79 Å². The Morgan fingerprint density at radius 2 is 1.96 bits per heavy atom. The van der Waals surface area contributed by atoms with Crippen molar-refractivity contribution in [1.29, 1.82) is 0 Å². The molecule has 0 spiro atoms. The molecule has 0 aliphatic carbocycles. The quantitative estimate of drug-likeness (QED) is 0.312. The molecule has 0 bridgehead atoms. The fourth-order valence-electron chi connectivity index (χ4n) is 2.60. The van der Waals surface area contributed by atoms with E-state index in [0.29, 0.717) is 22.5 Å². The van der Waals surface area contributed by atoms with Gasteiger partial charge in [-0.1, -0.05) is 0 Å². The predicted molar refractivity (Wildman–Crippen MR) is 109 cm³/mol. The summed E-state index contributed by atoms with van der Waals surface area (Å²) in [6.45, 7) is 1.68. The van der Waals surface area contributed by atoms with Gasteiger partial charge in [-0.05, 0) is 71.5 Å². The maximum absolute atomic E-state index is 12.8. The van der Waals surface area contributed by atoms with Gasteiger partial charge in [-0.3, -0.25) is 14.9 Å². The van der Waals surface area contributed by atoms with E-state index in [1.807, 2.05) is 12.1 Å². The SMILES string of the molecule is COc1cc(/C=C2/C(=O)N(c3ccc(I)cc3)N=C2C)cc([N+](=O)[O-])c1O. The fraction of sp³-hybridized carbons (Fsp3) is 0.111. The number of methoxy groups -OCH3 is 1. The first kappa shape index (κ1) is 18.8. The number of benzene rings is 2. The second kappa shape index (κ2) is 7.35. The van der Waals surface area contributed by atoms with E-state index in [2.05, 4.69) is 27.7 Å². The molecule has 1 heterocycles. The Kier molecular flexibility index (Phi) is 5.13. The summed E-state index contributed by atoms with van der Waals surface area (Å²) in [7, 11) is 1.29. The molecule has 3 rings (SSSR count). The average Bonchev–Trinajstić information content (AvgIpc) is 2.91. The average molecular weight is 479 g/mol. The maximum Gasteiger partial charge on any atom is 0.315 e. The van der Waals surface area contributed by atoms with Gasteiger partial charge in [-0.25, -0.2) is 0 Å². The van der Waals surface area contributed by atoms with Crippen LogP contribution in [-0.4, -0.2) is 28.8 Å². The highest BCUT2D eigenvalue weighted by Crippen LogP contribution is 2.38. The van der Waals surface area contributed by atoms with Crippen molar-refractivity contribution in [3.8, 4) is 11.5 Å². The number of amides is 1. The van der Waals surface area contributed by atoms with E-state index < -0.39 is 16.4 Å². The molecule has 0 saturated heterocycles. The minimum absolute atomic E-state index is 0.0504. The van der Waals surface area contributed by atoms with Crippen molar-refractivity contribution in [3.05, 3.63) is 61.2 Å². The highest BCUT2D eigenvalue weighted by Gasteiger charge is 2.29. The van der Waals surface area contributed by atoms with Crippen LogP contribution >= 0.6 is 22.6 Å². The zero-order chi connectivity index (χ0) is 19.7. The normalized spacial score (nSPS) is 15.2. The number of aromatic hydroxyl groups is 1. The number of rotatable bonds is 4. The first-order chi connectivity index (χ1) is 12.8. The van der Waals surface area contributed by atoms with E-state index >= 15 is 0 Å². The summed E-state index contributed by atoms with van der Waals surface area (Å²) in [5.41, 5.74) is 1.25. The molecule has 0 saturated carbocycles. The smallest absolute Gasteiger partial charge is 0.315 e. The van der Waals surface area contributed by atoms with Crippen LogP contribution in [0.2, 0.25) is 0 Å². The molecule has 0 aromatic heterocycles. The van der Waals surface area contributed by atoms with E-state index in [1.54, 1.807) is 19.1 Å². The van der Waals surface area contributed by atoms with Gasteiger partial charge in [0.15, 0.2) is 5.75 Å². The van der Waals surface area contributed by atoms with Crippen molar-refractivity contribution in [2.45, 2.75) is 6.92 Å². The third-order valence-corrected chi connectivity index (χ3v) is 4.66. The number of anilines is 1. The van der Waals surface area contributed by atoms with Gasteiger partial charge >= 0.3 is 5.69 Å². The number of ether oxygens (including phenoxy) is 1. The predicted octanol–water partition coefficient (Wildman–Crippen LogP) is 3.72. The number of halogens is 1. The lowest BCUT2D eigenvalue weighted by Gasteiger charge is -2.11. The minimum Gasteiger partial charge on any atom is -0.500 e. The van der Waals surface area contributed by atoms with E-state index in [0.717, 1.165) is 3.57 Å².